The maximum absolute atomic E-state index is 11.9. The van der Waals surface area contributed by atoms with Gasteiger partial charge in [0.15, 0.2) is 0 Å². The van der Waals surface area contributed by atoms with Crippen molar-refractivity contribution < 1.29 is 13.2 Å². The van der Waals surface area contributed by atoms with Crippen LogP contribution in [-0.2, 0) is 12.7 Å². The van der Waals surface area contributed by atoms with E-state index in [1.807, 2.05) is 0 Å². The molecule has 2 nitrogen and oxygen atoms in total. The van der Waals surface area contributed by atoms with Crippen molar-refractivity contribution in [2.45, 2.75) is 19.6 Å². The van der Waals surface area contributed by atoms with E-state index in [0.29, 0.717) is 6.54 Å². The molecule has 0 N–H and O–H groups in total. The molecule has 1 heterocycles. The van der Waals surface area contributed by atoms with E-state index < -0.39 is 11.7 Å². The molecule has 11 heavy (non-hydrogen) atoms. The van der Waals surface area contributed by atoms with Gasteiger partial charge in [-0.3, -0.25) is 4.68 Å². The fourth-order valence-electron chi connectivity index (χ4n) is 0.683. The lowest BCUT2D eigenvalue weighted by atomic mass is 10.4. The van der Waals surface area contributed by atoms with Crippen LogP contribution in [0.3, 0.4) is 0 Å². The van der Waals surface area contributed by atoms with E-state index in [1.165, 1.54) is 4.68 Å². The highest BCUT2D eigenvalue weighted by atomic mass is 19.4. The first-order valence-corrected chi connectivity index (χ1v) is 3.13. The van der Waals surface area contributed by atoms with Crippen LogP contribution in [0.25, 0.3) is 0 Å². The van der Waals surface area contributed by atoms with E-state index in [0.717, 1.165) is 12.4 Å². The second-order valence-corrected chi connectivity index (χ2v) is 2.08. The summed E-state index contributed by atoms with van der Waals surface area (Å²) in [6, 6.07) is 0. The van der Waals surface area contributed by atoms with Crippen molar-refractivity contribution in [1.82, 2.24) is 9.78 Å². The van der Waals surface area contributed by atoms with Gasteiger partial charge in [0, 0.05) is 12.7 Å². The molecule has 0 fully saturated rings. The Labute approximate surface area is 61.6 Å². The first kappa shape index (κ1) is 8.10. The van der Waals surface area contributed by atoms with Gasteiger partial charge in [0.1, 0.15) is 0 Å². The number of alkyl halides is 3. The van der Waals surface area contributed by atoms with E-state index in [1.54, 1.807) is 6.92 Å². The molecule has 0 saturated carbocycles. The average molecular weight is 164 g/mol. The zero-order valence-corrected chi connectivity index (χ0v) is 5.89. The molecule has 0 saturated heterocycles. The van der Waals surface area contributed by atoms with Crippen molar-refractivity contribution >= 4 is 0 Å². The van der Waals surface area contributed by atoms with E-state index in [-0.39, 0.29) is 0 Å². The quantitative estimate of drug-likeness (QED) is 0.620. The molecule has 0 unspecified atom stereocenters. The summed E-state index contributed by atoms with van der Waals surface area (Å²) in [6.45, 7) is 2.18. The molecular formula is C6H7F3N2. The molecular weight excluding hydrogens is 157 g/mol. The lowest BCUT2D eigenvalue weighted by Gasteiger charge is -1.99. The molecule has 5 heteroatoms. The molecule has 1 aromatic rings. The molecule has 0 bridgehead atoms. The summed E-state index contributed by atoms with van der Waals surface area (Å²) in [5, 5.41) is 3.50. The summed E-state index contributed by atoms with van der Waals surface area (Å²) >= 11 is 0. The fraction of sp³-hybridized carbons (Fsp3) is 0.500. The van der Waals surface area contributed by atoms with Crippen LogP contribution in [0, 0.1) is 0 Å². The lowest BCUT2D eigenvalue weighted by molar-refractivity contribution is -0.137. The molecule has 0 aliphatic heterocycles. The average Bonchev–Trinajstić information content (AvgIpc) is 2.32. The Balaban J connectivity index is 2.89. The molecule has 0 atom stereocenters. The van der Waals surface area contributed by atoms with Crippen molar-refractivity contribution in [3.8, 4) is 0 Å². The molecule has 0 spiro atoms. The van der Waals surface area contributed by atoms with Crippen LogP contribution in [0.4, 0.5) is 13.2 Å². The van der Waals surface area contributed by atoms with Crippen LogP contribution in [0.5, 0.6) is 0 Å². The number of hydrogen-bond donors (Lipinski definition) is 0. The van der Waals surface area contributed by atoms with E-state index >= 15 is 0 Å². The highest BCUT2D eigenvalue weighted by Gasteiger charge is 2.31. The highest BCUT2D eigenvalue weighted by Crippen LogP contribution is 2.28. The molecule has 1 aromatic heterocycles. The van der Waals surface area contributed by atoms with Crippen LogP contribution >= 0.6 is 0 Å². The Morgan fingerprint density at radius 2 is 2.18 bits per heavy atom. The third-order valence-corrected chi connectivity index (χ3v) is 1.28. The van der Waals surface area contributed by atoms with E-state index in [9.17, 15) is 13.2 Å². The summed E-state index contributed by atoms with van der Waals surface area (Å²) in [4.78, 5) is 0. The van der Waals surface area contributed by atoms with Gasteiger partial charge in [0.05, 0.1) is 11.8 Å². The minimum Gasteiger partial charge on any atom is -0.272 e. The van der Waals surface area contributed by atoms with Crippen molar-refractivity contribution in [2.24, 2.45) is 0 Å². The number of aryl methyl sites for hydroxylation is 1. The smallest absolute Gasteiger partial charge is 0.272 e. The zero-order valence-electron chi connectivity index (χ0n) is 5.89. The van der Waals surface area contributed by atoms with E-state index in [4.69, 9.17) is 0 Å². The van der Waals surface area contributed by atoms with Crippen LogP contribution in [-0.4, -0.2) is 9.78 Å². The fourth-order valence-corrected chi connectivity index (χ4v) is 0.683. The summed E-state index contributed by atoms with van der Waals surface area (Å²) in [7, 11) is 0. The van der Waals surface area contributed by atoms with E-state index in [2.05, 4.69) is 5.10 Å². The van der Waals surface area contributed by atoms with Crippen molar-refractivity contribution in [3.63, 3.8) is 0 Å². The third-order valence-electron chi connectivity index (χ3n) is 1.28. The third kappa shape index (κ3) is 1.72. The molecule has 0 aliphatic carbocycles. The summed E-state index contributed by atoms with van der Waals surface area (Å²) in [5.41, 5.74) is -0.695. The SMILES string of the molecule is CCn1cc(C(F)(F)F)cn1. The second-order valence-electron chi connectivity index (χ2n) is 2.08. The van der Waals surface area contributed by atoms with Gasteiger partial charge in [0.2, 0.25) is 0 Å². The number of nitrogens with zero attached hydrogens (tertiary/aromatic N) is 2. The first-order chi connectivity index (χ1) is 5.04. The largest absolute Gasteiger partial charge is 0.419 e. The Morgan fingerprint density at radius 3 is 2.45 bits per heavy atom. The van der Waals surface area contributed by atoms with Gasteiger partial charge < -0.3 is 0 Å². The molecule has 0 radical (unpaired) electrons. The van der Waals surface area contributed by atoms with Gasteiger partial charge in [0.25, 0.3) is 0 Å². The summed E-state index contributed by atoms with van der Waals surface area (Å²) < 4.78 is 36.9. The maximum atomic E-state index is 11.9. The van der Waals surface area contributed by atoms with Gasteiger partial charge in [-0.1, -0.05) is 0 Å². The van der Waals surface area contributed by atoms with Crippen molar-refractivity contribution in [3.05, 3.63) is 18.0 Å². The van der Waals surface area contributed by atoms with Crippen LogP contribution in [0.1, 0.15) is 12.5 Å². The molecule has 0 aromatic carbocycles. The van der Waals surface area contributed by atoms with Gasteiger partial charge in [-0.15, -0.1) is 0 Å². The van der Waals surface area contributed by atoms with Crippen molar-refractivity contribution in [2.75, 3.05) is 0 Å². The minimum atomic E-state index is -4.27. The number of hydrogen-bond acceptors (Lipinski definition) is 1. The van der Waals surface area contributed by atoms with Crippen LogP contribution < -0.4 is 0 Å². The first-order valence-electron chi connectivity index (χ1n) is 3.13. The topological polar surface area (TPSA) is 17.8 Å². The second kappa shape index (κ2) is 2.56. The molecule has 1 rings (SSSR count). The normalized spacial score (nSPS) is 12.0. The number of rotatable bonds is 1. The highest BCUT2D eigenvalue weighted by molar-refractivity contribution is 5.07. The number of halogens is 3. The van der Waals surface area contributed by atoms with Crippen LogP contribution in [0.15, 0.2) is 12.4 Å². The molecule has 0 amide bonds. The predicted octanol–water partition coefficient (Wildman–Crippen LogP) is 1.92. The Kier molecular flexibility index (Phi) is 1.89. The number of aromatic nitrogens is 2. The minimum absolute atomic E-state index is 0.454. The Bertz CT molecular complexity index is 238. The van der Waals surface area contributed by atoms with Gasteiger partial charge in [-0.05, 0) is 6.92 Å². The summed E-state index contributed by atoms with van der Waals surface area (Å²) in [5.74, 6) is 0. The summed E-state index contributed by atoms with van der Waals surface area (Å²) in [6.07, 6.45) is -2.46. The monoisotopic (exact) mass is 164 g/mol. The Hall–Kier alpha value is -1.00. The Morgan fingerprint density at radius 1 is 1.55 bits per heavy atom. The zero-order chi connectivity index (χ0) is 8.48. The lowest BCUT2D eigenvalue weighted by Crippen LogP contribution is -2.02. The van der Waals surface area contributed by atoms with Crippen LogP contribution in [0.2, 0.25) is 0 Å². The molecule has 0 aliphatic rings. The van der Waals surface area contributed by atoms with Gasteiger partial charge in [-0.25, -0.2) is 0 Å². The predicted molar refractivity (Wildman–Crippen MR) is 32.9 cm³/mol. The molecule has 62 valence electrons. The standard InChI is InChI=1S/C6H7F3N2/c1-2-11-4-5(3-10-11)6(7,8)9/h3-4H,2H2,1H3. The van der Waals surface area contributed by atoms with Crippen molar-refractivity contribution in [1.29, 1.82) is 0 Å². The maximum Gasteiger partial charge on any atom is 0.419 e. The van der Waals surface area contributed by atoms with Gasteiger partial charge >= 0.3 is 6.18 Å². The van der Waals surface area contributed by atoms with Gasteiger partial charge in [-0.2, -0.15) is 18.3 Å².